The Balaban J connectivity index is 1.64. The van der Waals surface area contributed by atoms with E-state index in [-0.39, 0.29) is 34.7 Å². The number of hydrogen-bond donors (Lipinski definition) is 0. The van der Waals surface area contributed by atoms with E-state index in [1.54, 1.807) is 31.5 Å². The van der Waals surface area contributed by atoms with Gasteiger partial charge in [-0.25, -0.2) is 9.37 Å². The molecule has 10 nitrogen and oxygen atoms in total. The second kappa shape index (κ2) is 7.29. The van der Waals surface area contributed by atoms with E-state index in [9.17, 15) is 14.4 Å². The maximum Gasteiger partial charge on any atom is 0.278 e. The van der Waals surface area contributed by atoms with Crippen molar-refractivity contribution in [1.82, 2.24) is 29.1 Å². The third kappa shape index (κ3) is 2.85. The second-order valence-corrected chi connectivity index (χ2v) is 8.05. The topological polar surface area (TPSA) is 124 Å². The molecule has 1 aliphatic carbocycles. The Morgan fingerprint density at radius 2 is 2.09 bits per heavy atom. The minimum Gasteiger partial charge on any atom is -0.368 e. The summed E-state index contributed by atoms with van der Waals surface area (Å²) in [5, 5.41) is 13.7. The van der Waals surface area contributed by atoms with E-state index in [4.69, 9.17) is 9.26 Å². The highest BCUT2D eigenvalue weighted by molar-refractivity contribution is 5.87. The molecule has 168 valence electrons. The Morgan fingerprint density at radius 1 is 1.24 bits per heavy atom. The van der Waals surface area contributed by atoms with Gasteiger partial charge in [0.1, 0.15) is 40.6 Å². The van der Waals surface area contributed by atoms with Crippen LogP contribution >= 0.6 is 0 Å². The molecule has 0 radical (unpaired) electrons. The normalized spacial score (nSPS) is 14.5. The van der Waals surface area contributed by atoms with E-state index >= 15 is 0 Å². The fourth-order valence-corrected chi connectivity index (χ4v) is 4.19. The van der Waals surface area contributed by atoms with Crippen molar-refractivity contribution in [1.29, 1.82) is 5.26 Å². The number of aromatic nitrogens is 6. The molecule has 34 heavy (non-hydrogen) atoms. The standard InChI is InChI=1S/C23H16FN7O3/c1-33-23(7-8-23)22-28-20(29-34-22)17-19-21(32)30(11-13-4-2-3-9-26-13)18-14(10-25)15(24)5-6-16(18)31(19)12-27-17/h2-6,9,12H,7-8,11H2,1H3. The number of nitriles is 1. The molecule has 1 aromatic carbocycles. The van der Waals surface area contributed by atoms with Gasteiger partial charge in [0, 0.05) is 13.3 Å². The SMILES string of the molecule is COC1(c2nc(-c3ncn4c3c(=O)n(Cc3ccccn3)c3c(C#N)c(F)ccc34)no2)CC1. The number of benzene rings is 1. The highest BCUT2D eigenvalue weighted by atomic mass is 19.1. The molecular formula is C23H16FN7O3. The number of hydrogen-bond acceptors (Lipinski definition) is 8. The predicted octanol–water partition coefficient (Wildman–Crippen LogP) is 2.79. The van der Waals surface area contributed by atoms with Crippen molar-refractivity contribution in [2.45, 2.75) is 25.0 Å². The van der Waals surface area contributed by atoms with Crippen molar-refractivity contribution in [3.8, 4) is 17.6 Å². The van der Waals surface area contributed by atoms with Crippen molar-refractivity contribution in [3.05, 3.63) is 76.2 Å². The Bertz CT molecular complexity index is 1680. The zero-order valence-corrected chi connectivity index (χ0v) is 17.9. The minimum absolute atomic E-state index is 0.0275. The number of nitrogens with zero attached hydrogens (tertiary/aromatic N) is 7. The van der Waals surface area contributed by atoms with Gasteiger partial charge in [0.05, 0.1) is 23.3 Å². The van der Waals surface area contributed by atoms with Crippen LogP contribution in [0.1, 0.15) is 30.0 Å². The first-order chi connectivity index (χ1) is 16.6. The Labute approximate surface area is 190 Å². The first-order valence-electron chi connectivity index (χ1n) is 10.5. The summed E-state index contributed by atoms with van der Waals surface area (Å²) in [5.74, 6) is -0.250. The van der Waals surface area contributed by atoms with E-state index < -0.39 is 17.0 Å². The Kier molecular flexibility index (Phi) is 4.33. The molecular weight excluding hydrogens is 441 g/mol. The Morgan fingerprint density at radius 3 is 2.79 bits per heavy atom. The molecule has 0 bridgehead atoms. The zero-order valence-electron chi connectivity index (χ0n) is 17.9. The van der Waals surface area contributed by atoms with Gasteiger partial charge in [-0.2, -0.15) is 10.2 Å². The van der Waals surface area contributed by atoms with Gasteiger partial charge in [-0.05, 0) is 37.1 Å². The van der Waals surface area contributed by atoms with Gasteiger partial charge in [-0.3, -0.25) is 18.7 Å². The first-order valence-corrected chi connectivity index (χ1v) is 10.5. The number of imidazole rings is 1. The largest absolute Gasteiger partial charge is 0.368 e. The van der Waals surface area contributed by atoms with Crippen molar-refractivity contribution in [3.63, 3.8) is 0 Å². The van der Waals surface area contributed by atoms with Crippen LogP contribution in [0.4, 0.5) is 4.39 Å². The molecule has 0 aliphatic heterocycles. The van der Waals surface area contributed by atoms with Gasteiger partial charge in [0.15, 0.2) is 0 Å². The molecule has 0 spiro atoms. The van der Waals surface area contributed by atoms with Gasteiger partial charge < -0.3 is 9.26 Å². The molecule has 0 atom stereocenters. The van der Waals surface area contributed by atoms with Crippen LogP contribution in [-0.2, 0) is 16.9 Å². The second-order valence-electron chi connectivity index (χ2n) is 8.05. The third-order valence-electron chi connectivity index (χ3n) is 6.13. The summed E-state index contributed by atoms with van der Waals surface area (Å²) < 4.78 is 28.3. The van der Waals surface area contributed by atoms with Crippen LogP contribution in [0.2, 0.25) is 0 Å². The first kappa shape index (κ1) is 20.2. The average Bonchev–Trinajstić information content (AvgIpc) is 3.28. The number of fused-ring (bicyclic) bond motifs is 3. The number of ether oxygens (including phenoxy) is 1. The molecule has 6 rings (SSSR count). The molecule has 4 heterocycles. The highest BCUT2D eigenvalue weighted by Gasteiger charge is 2.50. The van der Waals surface area contributed by atoms with Crippen LogP contribution < -0.4 is 5.56 Å². The number of pyridine rings is 1. The quantitative estimate of drug-likeness (QED) is 0.395. The molecule has 5 aromatic rings. The molecule has 0 saturated heterocycles. The van der Waals surface area contributed by atoms with Crippen molar-refractivity contribution in [2.24, 2.45) is 0 Å². The van der Waals surface area contributed by atoms with E-state index in [1.165, 1.54) is 27.4 Å². The van der Waals surface area contributed by atoms with E-state index in [2.05, 4.69) is 20.1 Å². The van der Waals surface area contributed by atoms with Gasteiger partial charge in [-0.1, -0.05) is 11.2 Å². The van der Waals surface area contributed by atoms with E-state index in [1.807, 2.05) is 6.07 Å². The summed E-state index contributed by atoms with van der Waals surface area (Å²) >= 11 is 0. The van der Waals surface area contributed by atoms with Gasteiger partial charge in [-0.15, -0.1) is 0 Å². The van der Waals surface area contributed by atoms with E-state index in [0.29, 0.717) is 17.1 Å². The molecule has 1 fully saturated rings. The van der Waals surface area contributed by atoms with Gasteiger partial charge in [0.25, 0.3) is 11.4 Å². The van der Waals surface area contributed by atoms with Crippen molar-refractivity contribution >= 4 is 16.6 Å². The van der Waals surface area contributed by atoms with Crippen LogP contribution in [0.5, 0.6) is 0 Å². The van der Waals surface area contributed by atoms with Gasteiger partial charge >= 0.3 is 0 Å². The summed E-state index contributed by atoms with van der Waals surface area (Å²) in [7, 11) is 1.58. The van der Waals surface area contributed by atoms with Crippen molar-refractivity contribution in [2.75, 3.05) is 7.11 Å². The van der Waals surface area contributed by atoms with Crippen LogP contribution in [0.15, 0.2) is 52.2 Å². The van der Waals surface area contributed by atoms with Gasteiger partial charge in [0.2, 0.25) is 5.82 Å². The lowest BCUT2D eigenvalue weighted by Crippen LogP contribution is -2.25. The molecule has 0 unspecified atom stereocenters. The zero-order chi connectivity index (χ0) is 23.4. The lowest BCUT2D eigenvalue weighted by atomic mass is 10.1. The molecule has 1 saturated carbocycles. The number of rotatable bonds is 5. The lowest BCUT2D eigenvalue weighted by Gasteiger charge is -2.14. The monoisotopic (exact) mass is 457 g/mol. The van der Waals surface area contributed by atoms with Crippen molar-refractivity contribution < 1.29 is 13.7 Å². The maximum absolute atomic E-state index is 14.6. The summed E-state index contributed by atoms with van der Waals surface area (Å²) in [6, 6.07) is 9.87. The molecule has 0 N–H and O–H groups in total. The lowest BCUT2D eigenvalue weighted by molar-refractivity contribution is 0.0492. The summed E-state index contributed by atoms with van der Waals surface area (Å²) in [6.07, 6.45) is 4.55. The Hall–Kier alpha value is -4.43. The summed E-state index contributed by atoms with van der Waals surface area (Å²) in [5.41, 5.74) is 0.224. The van der Waals surface area contributed by atoms with Crippen LogP contribution in [-0.4, -0.2) is 36.2 Å². The highest BCUT2D eigenvalue weighted by Crippen LogP contribution is 2.48. The fourth-order valence-electron chi connectivity index (χ4n) is 4.19. The smallest absolute Gasteiger partial charge is 0.278 e. The minimum atomic E-state index is -0.721. The number of halogens is 1. The summed E-state index contributed by atoms with van der Waals surface area (Å²) in [4.78, 5) is 26.9. The molecule has 1 aliphatic rings. The third-order valence-corrected chi connectivity index (χ3v) is 6.13. The summed E-state index contributed by atoms with van der Waals surface area (Å²) in [6.45, 7) is 0.0275. The maximum atomic E-state index is 14.6. The molecule has 11 heteroatoms. The molecule has 0 amide bonds. The van der Waals surface area contributed by atoms with Crippen LogP contribution in [0.3, 0.4) is 0 Å². The fraction of sp³-hybridized carbons (Fsp3) is 0.217. The van der Waals surface area contributed by atoms with E-state index in [0.717, 1.165) is 12.8 Å². The predicted molar refractivity (Wildman–Crippen MR) is 116 cm³/mol. The number of methoxy groups -OCH3 is 1. The molecule has 4 aromatic heterocycles. The average molecular weight is 457 g/mol. The van der Waals surface area contributed by atoms with Crippen LogP contribution in [0, 0.1) is 17.1 Å². The van der Waals surface area contributed by atoms with Crippen LogP contribution in [0.25, 0.3) is 28.1 Å².